The van der Waals surface area contributed by atoms with Gasteiger partial charge in [0.1, 0.15) is 5.56 Å². The molecule has 29 heavy (non-hydrogen) atoms. The number of para-hydroxylation sites is 1. The number of nitrogens with zero attached hydrogens (tertiary/aromatic N) is 2. The number of fused-ring (bicyclic) bond motifs is 1. The highest BCUT2D eigenvalue weighted by Gasteiger charge is 2.35. The highest BCUT2D eigenvalue weighted by molar-refractivity contribution is 6.02. The van der Waals surface area contributed by atoms with Gasteiger partial charge in [0, 0.05) is 36.5 Å². The SMILES string of the molecule is CCCN(CCC)C(=O)c1cc2c(n(-c3ccccc3)c1=O)CC(C)(C)CC2=O. The maximum atomic E-state index is 13.5. The molecule has 1 aromatic heterocycles. The Hall–Kier alpha value is -2.69. The molecule has 0 aliphatic heterocycles. The Morgan fingerprint density at radius 3 is 2.24 bits per heavy atom. The van der Waals surface area contributed by atoms with E-state index >= 15 is 0 Å². The average molecular weight is 395 g/mol. The van der Waals surface area contributed by atoms with Gasteiger partial charge in [-0.05, 0) is 42.9 Å². The molecule has 5 heteroatoms. The van der Waals surface area contributed by atoms with Gasteiger partial charge in [-0.1, -0.05) is 45.9 Å². The number of rotatable bonds is 6. The molecule has 5 nitrogen and oxygen atoms in total. The molecule has 0 unspecified atom stereocenters. The van der Waals surface area contributed by atoms with Crippen molar-refractivity contribution in [3.05, 3.63) is 63.6 Å². The van der Waals surface area contributed by atoms with Gasteiger partial charge in [0.15, 0.2) is 5.78 Å². The zero-order chi connectivity index (χ0) is 21.2. The largest absolute Gasteiger partial charge is 0.338 e. The molecular formula is C24H30N2O3. The predicted octanol–water partition coefficient (Wildman–Crippen LogP) is 4.25. The molecule has 0 radical (unpaired) electrons. The Balaban J connectivity index is 2.25. The summed E-state index contributed by atoms with van der Waals surface area (Å²) in [5, 5.41) is 0. The summed E-state index contributed by atoms with van der Waals surface area (Å²) in [5.74, 6) is -0.295. The predicted molar refractivity (Wildman–Crippen MR) is 115 cm³/mol. The van der Waals surface area contributed by atoms with Crippen LogP contribution in [0.4, 0.5) is 0 Å². The molecule has 0 saturated heterocycles. The zero-order valence-corrected chi connectivity index (χ0v) is 17.8. The number of ketones is 1. The van der Waals surface area contributed by atoms with Crippen LogP contribution in [0.5, 0.6) is 0 Å². The summed E-state index contributed by atoms with van der Waals surface area (Å²) in [5.41, 5.74) is 1.41. The van der Waals surface area contributed by atoms with Gasteiger partial charge in [-0.25, -0.2) is 0 Å². The van der Waals surface area contributed by atoms with Crippen molar-refractivity contribution < 1.29 is 9.59 Å². The minimum atomic E-state index is -0.345. The normalized spacial score (nSPS) is 15.1. The third-order valence-electron chi connectivity index (χ3n) is 5.41. The maximum Gasteiger partial charge on any atom is 0.268 e. The Morgan fingerprint density at radius 1 is 1.03 bits per heavy atom. The molecule has 0 atom stereocenters. The van der Waals surface area contributed by atoms with Crippen LogP contribution in [0.15, 0.2) is 41.2 Å². The maximum absolute atomic E-state index is 13.5. The first-order chi connectivity index (χ1) is 13.8. The van der Waals surface area contributed by atoms with Crippen LogP contribution < -0.4 is 5.56 Å². The van der Waals surface area contributed by atoms with E-state index in [2.05, 4.69) is 0 Å². The molecule has 0 saturated carbocycles. The number of aromatic nitrogens is 1. The average Bonchev–Trinajstić information content (AvgIpc) is 2.67. The van der Waals surface area contributed by atoms with Crippen LogP contribution in [0.25, 0.3) is 5.69 Å². The van der Waals surface area contributed by atoms with Crippen molar-refractivity contribution in [1.82, 2.24) is 9.47 Å². The highest BCUT2D eigenvalue weighted by atomic mass is 16.2. The summed E-state index contributed by atoms with van der Waals surface area (Å²) < 4.78 is 1.58. The van der Waals surface area contributed by atoms with Crippen molar-refractivity contribution >= 4 is 11.7 Å². The van der Waals surface area contributed by atoms with Crippen LogP contribution >= 0.6 is 0 Å². The van der Waals surface area contributed by atoms with Crippen LogP contribution in [-0.2, 0) is 6.42 Å². The number of hydrogen-bond acceptors (Lipinski definition) is 3. The van der Waals surface area contributed by atoms with E-state index in [4.69, 9.17) is 0 Å². The molecule has 0 N–H and O–H groups in total. The van der Waals surface area contributed by atoms with E-state index in [1.807, 2.05) is 58.0 Å². The molecule has 1 amide bonds. The van der Waals surface area contributed by atoms with Gasteiger partial charge in [0.05, 0.1) is 0 Å². The lowest BCUT2D eigenvalue weighted by molar-refractivity contribution is 0.0753. The number of carbonyl (C=O) groups is 2. The second kappa shape index (κ2) is 8.36. The first kappa shape index (κ1) is 21.0. The van der Waals surface area contributed by atoms with Gasteiger partial charge in [-0.15, -0.1) is 0 Å². The molecule has 1 aromatic carbocycles. The molecule has 1 aliphatic carbocycles. The van der Waals surface area contributed by atoms with Gasteiger partial charge < -0.3 is 4.90 Å². The summed E-state index contributed by atoms with van der Waals surface area (Å²) in [6.07, 6.45) is 2.65. The summed E-state index contributed by atoms with van der Waals surface area (Å²) in [6, 6.07) is 10.8. The Labute approximate surface area is 172 Å². The van der Waals surface area contributed by atoms with E-state index in [0.29, 0.717) is 42.9 Å². The van der Waals surface area contributed by atoms with Crippen molar-refractivity contribution in [3.63, 3.8) is 0 Å². The number of benzene rings is 1. The van der Waals surface area contributed by atoms with Crippen molar-refractivity contribution in [3.8, 4) is 5.69 Å². The summed E-state index contributed by atoms with van der Waals surface area (Å²) in [7, 11) is 0. The van der Waals surface area contributed by atoms with Crippen LogP contribution in [-0.4, -0.2) is 34.2 Å². The van der Waals surface area contributed by atoms with Crippen LogP contribution in [0.2, 0.25) is 0 Å². The molecule has 3 rings (SSSR count). The van der Waals surface area contributed by atoms with E-state index < -0.39 is 0 Å². The fourth-order valence-electron chi connectivity index (χ4n) is 4.14. The minimum Gasteiger partial charge on any atom is -0.338 e. The smallest absolute Gasteiger partial charge is 0.268 e. The van der Waals surface area contributed by atoms with Gasteiger partial charge in [-0.2, -0.15) is 0 Å². The topological polar surface area (TPSA) is 59.4 Å². The summed E-state index contributed by atoms with van der Waals surface area (Å²) in [4.78, 5) is 41.4. The monoisotopic (exact) mass is 394 g/mol. The summed E-state index contributed by atoms with van der Waals surface area (Å²) >= 11 is 0. The third kappa shape index (κ3) is 4.19. The van der Waals surface area contributed by atoms with E-state index in [1.54, 1.807) is 15.5 Å². The van der Waals surface area contributed by atoms with Crippen LogP contribution in [0.1, 0.15) is 73.4 Å². The summed E-state index contributed by atoms with van der Waals surface area (Å²) in [6.45, 7) is 9.28. The van der Waals surface area contributed by atoms with Crippen LogP contribution in [0, 0.1) is 5.41 Å². The van der Waals surface area contributed by atoms with E-state index in [1.165, 1.54) is 0 Å². The second-order valence-electron chi connectivity index (χ2n) is 8.63. The number of amides is 1. The van der Waals surface area contributed by atoms with E-state index in [-0.39, 0.29) is 28.2 Å². The second-order valence-corrected chi connectivity index (χ2v) is 8.63. The highest BCUT2D eigenvalue weighted by Crippen LogP contribution is 2.35. The van der Waals surface area contributed by atoms with Crippen LogP contribution in [0.3, 0.4) is 0 Å². The number of pyridine rings is 1. The first-order valence-electron chi connectivity index (χ1n) is 10.5. The number of Topliss-reactive ketones (excluding diaryl/α,β-unsaturated/α-hetero) is 1. The Kier molecular flexibility index (Phi) is 6.06. The molecule has 0 bridgehead atoms. The Morgan fingerprint density at radius 2 is 1.66 bits per heavy atom. The lowest BCUT2D eigenvalue weighted by Gasteiger charge is -2.32. The standard InChI is InChI=1S/C24H30N2O3/c1-5-12-25(13-6-2)22(28)19-14-18-20(15-24(3,4)16-21(18)27)26(23(19)29)17-10-8-7-9-11-17/h7-11,14H,5-6,12-13,15-16H2,1-4H3. The van der Waals surface area contributed by atoms with Gasteiger partial charge >= 0.3 is 0 Å². The fraction of sp³-hybridized carbons (Fsp3) is 0.458. The van der Waals surface area contributed by atoms with Crippen molar-refractivity contribution in [1.29, 1.82) is 0 Å². The fourth-order valence-corrected chi connectivity index (χ4v) is 4.14. The molecule has 154 valence electrons. The molecule has 1 aliphatic rings. The Bertz CT molecular complexity index is 968. The third-order valence-corrected chi connectivity index (χ3v) is 5.41. The molecule has 0 spiro atoms. The van der Waals surface area contributed by atoms with Gasteiger partial charge in [-0.3, -0.25) is 19.0 Å². The van der Waals surface area contributed by atoms with E-state index in [9.17, 15) is 14.4 Å². The van der Waals surface area contributed by atoms with Gasteiger partial charge in [0.2, 0.25) is 0 Å². The number of carbonyl (C=O) groups excluding carboxylic acids is 2. The lowest BCUT2D eigenvalue weighted by Crippen LogP contribution is -2.40. The van der Waals surface area contributed by atoms with Crippen molar-refractivity contribution in [2.45, 2.75) is 53.4 Å². The van der Waals surface area contributed by atoms with Crippen molar-refractivity contribution in [2.24, 2.45) is 5.41 Å². The lowest BCUT2D eigenvalue weighted by atomic mass is 9.75. The van der Waals surface area contributed by atoms with Gasteiger partial charge in [0.25, 0.3) is 11.5 Å². The van der Waals surface area contributed by atoms with Crippen molar-refractivity contribution in [2.75, 3.05) is 13.1 Å². The molecule has 1 heterocycles. The number of hydrogen-bond donors (Lipinski definition) is 0. The molecule has 0 fully saturated rings. The van der Waals surface area contributed by atoms with E-state index in [0.717, 1.165) is 12.8 Å². The zero-order valence-electron chi connectivity index (χ0n) is 17.8. The first-order valence-corrected chi connectivity index (χ1v) is 10.5. The molecule has 2 aromatic rings. The minimum absolute atomic E-state index is 0.00693. The molecular weight excluding hydrogens is 364 g/mol. The quantitative estimate of drug-likeness (QED) is 0.736.